The van der Waals surface area contributed by atoms with E-state index in [1.165, 1.54) is 30.8 Å². The lowest BCUT2D eigenvalue weighted by molar-refractivity contribution is 0.0962. The van der Waals surface area contributed by atoms with Crippen molar-refractivity contribution in [1.82, 2.24) is 5.32 Å². The van der Waals surface area contributed by atoms with Crippen LogP contribution in [0.3, 0.4) is 0 Å². The van der Waals surface area contributed by atoms with Crippen LogP contribution in [0.2, 0.25) is 0 Å². The Hall–Kier alpha value is -2.62. The van der Waals surface area contributed by atoms with Gasteiger partial charge >= 0.3 is 0 Å². The molecule has 0 aliphatic carbocycles. The second-order valence-corrected chi connectivity index (χ2v) is 6.38. The Balaban J connectivity index is 2.12. The van der Waals surface area contributed by atoms with Gasteiger partial charge in [-0.15, -0.1) is 6.58 Å². The van der Waals surface area contributed by atoms with E-state index < -0.39 is 5.82 Å². The summed E-state index contributed by atoms with van der Waals surface area (Å²) < 4.78 is 19.8. The Bertz CT molecular complexity index is 755. The maximum Gasteiger partial charge on any atom is 0.251 e. The maximum absolute atomic E-state index is 14.2. The Kier molecular flexibility index (Phi) is 6.96. The molecule has 2 rings (SSSR count). The number of allylic oxidation sites excluding steroid dienone is 1. The molecule has 4 heteroatoms. The Labute approximate surface area is 154 Å². The van der Waals surface area contributed by atoms with Crippen molar-refractivity contribution in [2.75, 3.05) is 7.05 Å². The lowest BCUT2D eigenvalue weighted by atomic mass is 9.84. The summed E-state index contributed by atoms with van der Waals surface area (Å²) in [6.45, 7) is 8.24. The maximum atomic E-state index is 14.2. The third-order valence-corrected chi connectivity index (χ3v) is 4.76. The van der Waals surface area contributed by atoms with Crippen LogP contribution in [0, 0.1) is 11.7 Å². The fourth-order valence-corrected chi connectivity index (χ4v) is 3.05. The number of nitrogens with one attached hydrogen (secondary N) is 1. The molecule has 0 fully saturated rings. The number of amides is 1. The lowest BCUT2D eigenvalue weighted by Crippen LogP contribution is -2.17. The zero-order valence-corrected chi connectivity index (χ0v) is 15.6. The standard InChI is InChI=1S/C22H26FNO2/c1-5-7-16(6-2)15(3)17-8-11-19(12-9-17)26-21-13-10-18(14-20(21)23)22(25)24-4/h5,8-16H,1,6-7H2,2-4H3,(H,24,25). The summed E-state index contributed by atoms with van der Waals surface area (Å²) in [5, 5.41) is 2.46. The summed E-state index contributed by atoms with van der Waals surface area (Å²) in [6, 6.07) is 11.9. The summed E-state index contributed by atoms with van der Waals surface area (Å²) in [5.41, 5.74) is 1.48. The van der Waals surface area contributed by atoms with Gasteiger partial charge in [0.2, 0.25) is 0 Å². The minimum atomic E-state index is -0.569. The summed E-state index contributed by atoms with van der Waals surface area (Å²) >= 11 is 0. The molecule has 0 aromatic heterocycles. The van der Waals surface area contributed by atoms with Crippen LogP contribution in [-0.2, 0) is 0 Å². The zero-order chi connectivity index (χ0) is 19.1. The molecule has 0 saturated carbocycles. The highest BCUT2D eigenvalue weighted by Crippen LogP contribution is 2.32. The predicted molar refractivity (Wildman–Crippen MR) is 103 cm³/mol. The fraction of sp³-hybridized carbons (Fsp3) is 0.318. The molecular weight excluding hydrogens is 329 g/mol. The van der Waals surface area contributed by atoms with Gasteiger partial charge in [-0.2, -0.15) is 0 Å². The van der Waals surface area contributed by atoms with Crippen molar-refractivity contribution in [3.63, 3.8) is 0 Å². The molecule has 0 aliphatic heterocycles. The number of halogens is 1. The van der Waals surface area contributed by atoms with E-state index in [0.717, 1.165) is 12.8 Å². The zero-order valence-electron chi connectivity index (χ0n) is 15.6. The van der Waals surface area contributed by atoms with Gasteiger partial charge in [-0.1, -0.05) is 38.5 Å². The highest BCUT2D eigenvalue weighted by atomic mass is 19.1. The smallest absolute Gasteiger partial charge is 0.251 e. The SMILES string of the molecule is C=CCC(CC)C(C)c1ccc(Oc2ccc(C(=O)NC)cc2F)cc1. The quantitative estimate of drug-likeness (QED) is 0.618. The highest BCUT2D eigenvalue weighted by Gasteiger charge is 2.16. The second kappa shape index (κ2) is 9.18. The molecule has 1 N–H and O–H groups in total. The largest absolute Gasteiger partial charge is 0.454 e. The van der Waals surface area contributed by atoms with Crippen molar-refractivity contribution >= 4 is 5.91 Å². The number of ether oxygens (including phenoxy) is 1. The van der Waals surface area contributed by atoms with E-state index in [9.17, 15) is 9.18 Å². The first-order valence-electron chi connectivity index (χ1n) is 8.90. The van der Waals surface area contributed by atoms with Crippen LogP contribution in [0.4, 0.5) is 4.39 Å². The molecule has 2 aromatic rings. The van der Waals surface area contributed by atoms with Crippen molar-refractivity contribution in [3.8, 4) is 11.5 Å². The van der Waals surface area contributed by atoms with Crippen molar-refractivity contribution in [1.29, 1.82) is 0 Å². The molecule has 0 radical (unpaired) electrons. The van der Waals surface area contributed by atoms with Crippen LogP contribution in [0.5, 0.6) is 11.5 Å². The number of hydrogen-bond donors (Lipinski definition) is 1. The predicted octanol–water partition coefficient (Wildman–Crippen LogP) is 5.68. The molecule has 0 heterocycles. The van der Waals surface area contributed by atoms with Crippen LogP contribution in [0.1, 0.15) is 48.5 Å². The molecular formula is C22H26FNO2. The summed E-state index contributed by atoms with van der Waals surface area (Å²) in [7, 11) is 1.51. The molecule has 0 saturated heterocycles. The van der Waals surface area contributed by atoms with Crippen molar-refractivity contribution in [3.05, 3.63) is 72.1 Å². The second-order valence-electron chi connectivity index (χ2n) is 6.38. The van der Waals surface area contributed by atoms with Gasteiger partial charge in [0.25, 0.3) is 5.91 Å². The third kappa shape index (κ3) is 4.72. The van der Waals surface area contributed by atoms with E-state index >= 15 is 0 Å². The number of hydrogen-bond acceptors (Lipinski definition) is 2. The van der Waals surface area contributed by atoms with Crippen molar-refractivity contribution < 1.29 is 13.9 Å². The molecule has 2 unspecified atom stereocenters. The van der Waals surface area contributed by atoms with Gasteiger partial charge in [-0.25, -0.2) is 4.39 Å². The minimum absolute atomic E-state index is 0.0940. The number of rotatable bonds is 8. The van der Waals surface area contributed by atoms with Gasteiger partial charge in [0.15, 0.2) is 11.6 Å². The van der Waals surface area contributed by atoms with E-state index in [0.29, 0.717) is 17.6 Å². The number of benzene rings is 2. The lowest BCUT2D eigenvalue weighted by Gasteiger charge is -2.22. The molecule has 1 amide bonds. The average molecular weight is 355 g/mol. The average Bonchev–Trinajstić information content (AvgIpc) is 2.67. The van der Waals surface area contributed by atoms with E-state index in [2.05, 4.69) is 25.7 Å². The first-order valence-corrected chi connectivity index (χ1v) is 8.90. The summed E-state index contributed by atoms with van der Waals surface area (Å²) in [5.74, 6) is 0.713. The number of carbonyl (C=O) groups is 1. The first-order chi connectivity index (χ1) is 12.5. The van der Waals surface area contributed by atoms with Gasteiger partial charge < -0.3 is 10.1 Å². The van der Waals surface area contributed by atoms with Crippen LogP contribution in [0.25, 0.3) is 0 Å². The van der Waals surface area contributed by atoms with Crippen LogP contribution in [-0.4, -0.2) is 13.0 Å². The van der Waals surface area contributed by atoms with Gasteiger partial charge in [0, 0.05) is 12.6 Å². The van der Waals surface area contributed by atoms with Crippen LogP contribution >= 0.6 is 0 Å². The summed E-state index contributed by atoms with van der Waals surface area (Å²) in [6.07, 6.45) is 4.04. The van der Waals surface area contributed by atoms with E-state index in [1.807, 2.05) is 30.3 Å². The molecule has 0 spiro atoms. The Morgan fingerprint density at radius 1 is 1.27 bits per heavy atom. The molecule has 138 valence electrons. The molecule has 26 heavy (non-hydrogen) atoms. The van der Waals surface area contributed by atoms with E-state index in [1.54, 1.807) is 0 Å². The van der Waals surface area contributed by atoms with Gasteiger partial charge in [0.05, 0.1) is 0 Å². The topological polar surface area (TPSA) is 38.3 Å². The Morgan fingerprint density at radius 3 is 2.50 bits per heavy atom. The van der Waals surface area contributed by atoms with Gasteiger partial charge in [-0.3, -0.25) is 4.79 Å². The van der Waals surface area contributed by atoms with Crippen LogP contribution < -0.4 is 10.1 Å². The molecule has 3 nitrogen and oxygen atoms in total. The van der Waals surface area contributed by atoms with Gasteiger partial charge in [0.1, 0.15) is 5.75 Å². The van der Waals surface area contributed by atoms with Crippen molar-refractivity contribution in [2.45, 2.75) is 32.6 Å². The van der Waals surface area contributed by atoms with Gasteiger partial charge in [-0.05, 0) is 54.2 Å². The molecule has 0 aliphatic rings. The molecule has 2 atom stereocenters. The third-order valence-electron chi connectivity index (χ3n) is 4.76. The van der Waals surface area contributed by atoms with Crippen molar-refractivity contribution in [2.24, 2.45) is 5.92 Å². The van der Waals surface area contributed by atoms with E-state index in [4.69, 9.17) is 4.74 Å². The summed E-state index contributed by atoms with van der Waals surface area (Å²) in [4.78, 5) is 11.5. The molecule has 0 bridgehead atoms. The normalized spacial score (nSPS) is 12.9. The minimum Gasteiger partial charge on any atom is -0.454 e. The Morgan fingerprint density at radius 2 is 1.96 bits per heavy atom. The van der Waals surface area contributed by atoms with E-state index in [-0.39, 0.29) is 17.2 Å². The highest BCUT2D eigenvalue weighted by molar-refractivity contribution is 5.94. The number of carbonyl (C=O) groups excluding carboxylic acids is 1. The molecule has 2 aromatic carbocycles. The first kappa shape index (κ1) is 19.7. The van der Waals surface area contributed by atoms with Crippen LogP contribution in [0.15, 0.2) is 55.1 Å². The monoisotopic (exact) mass is 355 g/mol. The fourth-order valence-electron chi connectivity index (χ4n) is 3.05.